The molecular weight excluding hydrogens is 302 g/mol. The smallest absolute Gasteiger partial charge is 0.258 e. The lowest BCUT2D eigenvalue weighted by Gasteiger charge is -2.34. The third-order valence-corrected chi connectivity index (χ3v) is 5.43. The molecule has 1 amide bonds. The highest BCUT2D eigenvalue weighted by Crippen LogP contribution is 2.37. The van der Waals surface area contributed by atoms with Crippen LogP contribution in [0.2, 0.25) is 0 Å². The molecule has 128 valence electrons. The van der Waals surface area contributed by atoms with Crippen LogP contribution in [0.1, 0.15) is 61.1 Å². The highest BCUT2D eigenvalue weighted by molar-refractivity contribution is 6.07. The van der Waals surface area contributed by atoms with E-state index in [4.69, 9.17) is 9.15 Å². The van der Waals surface area contributed by atoms with Crippen LogP contribution in [-0.4, -0.2) is 30.0 Å². The molecule has 0 spiro atoms. The average molecular weight is 327 g/mol. The second-order valence-corrected chi connectivity index (χ2v) is 7.13. The molecule has 0 saturated heterocycles. The maximum atomic E-state index is 13.4. The van der Waals surface area contributed by atoms with Crippen molar-refractivity contribution in [1.29, 1.82) is 0 Å². The molecule has 1 heterocycles. The quantitative estimate of drug-likeness (QED) is 0.818. The molecule has 0 N–H and O–H groups in total. The largest absolute Gasteiger partial charge is 0.497 e. The molecule has 4 heteroatoms. The fourth-order valence-corrected chi connectivity index (χ4v) is 4.06. The van der Waals surface area contributed by atoms with Crippen LogP contribution in [0.5, 0.6) is 5.75 Å². The Morgan fingerprint density at radius 3 is 2.50 bits per heavy atom. The Balaban J connectivity index is 1.74. The van der Waals surface area contributed by atoms with Crippen LogP contribution in [0.3, 0.4) is 0 Å². The molecule has 2 fully saturated rings. The minimum absolute atomic E-state index is 0.147. The Bertz CT molecular complexity index is 754. The van der Waals surface area contributed by atoms with Gasteiger partial charge in [-0.15, -0.1) is 0 Å². The van der Waals surface area contributed by atoms with Crippen molar-refractivity contribution >= 4 is 16.9 Å². The van der Waals surface area contributed by atoms with Crippen LogP contribution in [0.4, 0.5) is 0 Å². The van der Waals surface area contributed by atoms with Crippen LogP contribution in [0, 0.1) is 6.92 Å². The summed E-state index contributed by atoms with van der Waals surface area (Å²) in [5.41, 5.74) is 1.48. The summed E-state index contributed by atoms with van der Waals surface area (Å²) in [7, 11) is 1.65. The third-order valence-electron chi connectivity index (χ3n) is 5.43. The molecular formula is C20H25NO3. The Morgan fingerprint density at radius 2 is 1.83 bits per heavy atom. The van der Waals surface area contributed by atoms with Crippen LogP contribution >= 0.6 is 0 Å². The number of carbonyl (C=O) groups is 1. The van der Waals surface area contributed by atoms with Gasteiger partial charge >= 0.3 is 0 Å². The van der Waals surface area contributed by atoms with E-state index < -0.39 is 0 Å². The minimum atomic E-state index is 0.147. The van der Waals surface area contributed by atoms with Crippen molar-refractivity contribution in [3.05, 3.63) is 29.5 Å². The monoisotopic (exact) mass is 327 g/mol. The van der Waals surface area contributed by atoms with Gasteiger partial charge in [0.25, 0.3) is 5.91 Å². The second-order valence-electron chi connectivity index (χ2n) is 7.13. The number of benzene rings is 1. The van der Waals surface area contributed by atoms with E-state index in [1.165, 1.54) is 19.3 Å². The lowest BCUT2D eigenvalue weighted by Crippen LogP contribution is -2.43. The molecule has 2 aliphatic carbocycles. The van der Waals surface area contributed by atoms with Crippen LogP contribution < -0.4 is 4.74 Å². The number of hydrogen-bond donors (Lipinski definition) is 0. The molecule has 1 aromatic heterocycles. The number of amides is 1. The predicted molar refractivity (Wildman–Crippen MR) is 93.6 cm³/mol. The predicted octanol–water partition coefficient (Wildman–Crippen LogP) is 4.69. The van der Waals surface area contributed by atoms with Crippen molar-refractivity contribution < 1.29 is 13.9 Å². The molecule has 2 aromatic rings. The summed E-state index contributed by atoms with van der Waals surface area (Å²) in [6.07, 6.45) is 8.33. The molecule has 24 heavy (non-hydrogen) atoms. The molecule has 0 atom stereocenters. The normalized spacial score (nSPS) is 18.8. The van der Waals surface area contributed by atoms with Crippen molar-refractivity contribution in [2.24, 2.45) is 0 Å². The number of methoxy groups -OCH3 is 1. The van der Waals surface area contributed by atoms with Gasteiger partial charge in [0.2, 0.25) is 0 Å². The zero-order valence-electron chi connectivity index (χ0n) is 14.5. The number of furan rings is 1. The molecule has 1 aromatic carbocycles. The summed E-state index contributed by atoms with van der Waals surface area (Å²) in [6, 6.07) is 6.51. The highest BCUT2D eigenvalue weighted by atomic mass is 16.5. The molecule has 2 aliphatic rings. The van der Waals surface area contributed by atoms with Crippen molar-refractivity contribution in [1.82, 2.24) is 4.90 Å². The summed E-state index contributed by atoms with van der Waals surface area (Å²) in [5.74, 6) is 1.62. The summed E-state index contributed by atoms with van der Waals surface area (Å²) in [5, 5.41) is 0.873. The van der Waals surface area contributed by atoms with E-state index in [9.17, 15) is 4.79 Å². The van der Waals surface area contributed by atoms with Gasteiger partial charge in [-0.25, -0.2) is 0 Å². The lowest BCUT2D eigenvalue weighted by atomic mass is 9.93. The van der Waals surface area contributed by atoms with Crippen molar-refractivity contribution in [3.8, 4) is 5.75 Å². The molecule has 4 nitrogen and oxygen atoms in total. The minimum Gasteiger partial charge on any atom is -0.497 e. The molecule has 0 radical (unpaired) electrons. The fraction of sp³-hybridized carbons (Fsp3) is 0.550. The number of carbonyl (C=O) groups excluding carboxylic acids is 1. The van der Waals surface area contributed by atoms with Gasteiger partial charge in [-0.3, -0.25) is 4.79 Å². The molecule has 0 bridgehead atoms. The molecule has 0 unspecified atom stereocenters. The Labute approximate surface area is 142 Å². The highest BCUT2D eigenvalue weighted by Gasteiger charge is 2.39. The Morgan fingerprint density at radius 1 is 1.12 bits per heavy atom. The SMILES string of the molecule is COc1ccc2oc(C)c(C(=O)N(C3CCCCC3)C3CC3)c2c1. The van der Waals surface area contributed by atoms with Gasteiger partial charge < -0.3 is 14.1 Å². The van der Waals surface area contributed by atoms with Gasteiger partial charge in [0, 0.05) is 17.5 Å². The van der Waals surface area contributed by atoms with Crippen LogP contribution in [0.25, 0.3) is 11.0 Å². The number of ether oxygens (including phenoxy) is 1. The van der Waals surface area contributed by atoms with E-state index in [-0.39, 0.29) is 5.91 Å². The topological polar surface area (TPSA) is 42.7 Å². The van der Waals surface area contributed by atoms with Crippen molar-refractivity contribution in [3.63, 3.8) is 0 Å². The fourth-order valence-electron chi connectivity index (χ4n) is 4.06. The summed E-state index contributed by atoms with van der Waals surface area (Å²) >= 11 is 0. The first-order chi connectivity index (χ1) is 11.7. The van der Waals surface area contributed by atoms with Gasteiger partial charge in [-0.05, 0) is 50.8 Å². The van der Waals surface area contributed by atoms with Crippen LogP contribution in [0.15, 0.2) is 22.6 Å². The van der Waals surface area contributed by atoms with Gasteiger partial charge in [-0.2, -0.15) is 0 Å². The Hall–Kier alpha value is -1.97. The lowest BCUT2D eigenvalue weighted by molar-refractivity contribution is 0.0614. The summed E-state index contributed by atoms with van der Waals surface area (Å²) in [6.45, 7) is 1.89. The molecule has 4 rings (SSSR count). The van der Waals surface area contributed by atoms with E-state index >= 15 is 0 Å². The van der Waals surface area contributed by atoms with E-state index in [2.05, 4.69) is 4.90 Å². The second kappa shape index (κ2) is 6.15. The first-order valence-corrected chi connectivity index (χ1v) is 9.09. The Kier molecular flexibility index (Phi) is 3.99. The first kappa shape index (κ1) is 15.6. The zero-order valence-corrected chi connectivity index (χ0v) is 14.5. The maximum absolute atomic E-state index is 13.4. The number of aryl methyl sites for hydroxylation is 1. The number of rotatable bonds is 4. The van der Waals surface area contributed by atoms with E-state index in [0.29, 0.717) is 17.8 Å². The van der Waals surface area contributed by atoms with Gasteiger partial charge in [0.1, 0.15) is 17.1 Å². The first-order valence-electron chi connectivity index (χ1n) is 9.09. The summed E-state index contributed by atoms with van der Waals surface area (Å²) in [4.78, 5) is 15.6. The summed E-state index contributed by atoms with van der Waals surface area (Å²) < 4.78 is 11.2. The van der Waals surface area contributed by atoms with Crippen LogP contribution in [-0.2, 0) is 0 Å². The number of fused-ring (bicyclic) bond motifs is 1. The van der Waals surface area contributed by atoms with E-state index in [0.717, 1.165) is 48.0 Å². The zero-order chi connectivity index (χ0) is 16.7. The maximum Gasteiger partial charge on any atom is 0.258 e. The van der Waals surface area contributed by atoms with Gasteiger partial charge in [0.15, 0.2) is 0 Å². The average Bonchev–Trinajstić information content (AvgIpc) is 3.37. The molecule has 2 saturated carbocycles. The van der Waals surface area contributed by atoms with Crippen molar-refractivity contribution in [2.45, 2.75) is 64.0 Å². The number of hydrogen-bond acceptors (Lipinski definition) is 3. The number of nitrogens with zero attached hydrogens (tertiary/aromatic N) is 1. The van der Waals surface area contributed by atoms with E-state index in [1.807, 2.05) is 25.1 Å². The van der Waals surface area contributed by atoms with Gasteiger partial charge in [-0.1, -0.05) is 19.3 Å². The molecule has 0 aliphatic heterocycles. The van der Waals surface area contributed by atoms with E-state index in [1.54, 1.807) is 7.11 Å². The standard InChI is InChI=1S/C20H25NO3/c1-13-19(17-12-16(23-2)10-11-18(17)24-13)20(22)21(15-8-9-15)14-6-4-3-5-7-14/h10-12,14-15H,3-9H2,1-2H3. The third kappa shape index (κ3) is 2.68. The van der Waals surface area contributed by atoms with Gasteiger partial charge in [0.05, 0.1) is 12.7 Å². The van der Waals surface area contributed by atoms with Crippen molar-refractivity contribution in [2.75, 3.05) is 7.11 Å².